The number of unbranched alkanes of at least 4 members (excludes halogenated alkanes) is 18. The average Bonchev–Trinajstić information content (AvgIpc) is 2.91. The average molecular weight is 554 g/mol. The summed E-state index contributed by atoms with van der Waals surface area (Å²) < 4.78 is 5.35. The summed E-state index contributed by atoms with van der Waals surface area (Å²) in [5.41, 5.74) is 10.8. The Morgan fingerprint density at radius 1 is 0.667 bits per heavy atom. The molecule has 6 N–H and O–H groups in total. The molecule has 0 aliphatic rings. The first-order valence-corrected chi connectivity index (χ1v) is 16.3. The molecule has 1 atom stereocenters. The summed E-state index contributed by atoms with van der Waals surface area (Å²) in [6.07, 6.45) is 25.3. The van der Waals surface area contributed by atoms with Crippen LogP contribution in [0.15, 0.2) is 4.99 Å². The first kappa shape index (κ1) is 37.0. The summed E-state index contributed by atoms with van der Waals surface area (Å²) in [5, 5.41) is 5.73. The van der Waals surface area contributed by atoms with Crippen molar-refractivity contribution in [3.8, 4) is 0 Å². The van der Waals surface area contributed by atoms with Crippen LogP contribution in [-0.2, 0) is 9.53 Å². The number of guanidine groups is 1. The molecule has 0 heterocycles. The quantitative estimate of drug-likeness (QED) is 0.0466. The molecule has 0 spiro atoms. The molecule has 0 saturated heterocycles. The number of nitrogens with two attached hydrogens (primary N) is 2. The Balaban J connectivity index is 4.10. The highest BCUT2D eigenvalue weighted by Crippen LogP contribution is 2.11. The number of nitrogens with one attached hydrogen (secondary N) is 2. The Hall–Kier alpha value is -1.99. The number of ether oxygens (including phenoxy) is 1. The summed E-state index contributed by atoms with van der Waals surface area (Å²) in [7, 11) is 0. The van der Waals surface area contributed by atoms with E-state index >= 15 is 0 Å². The van der Waals surface area contributed by atoms with Gasteiger partial charge in [-0.1, -0.05) is 129 Å². The van der Waals surface area contributed by atoms with Gasteiger partial charge >= 0.3 is 6.09 Å². The monoisotopic (exact) mass is 553 g/mol. The van der Waals surface area contributed by atoms with Crippen LogP contribution in [0.2, 0.25) is 0 Å². The van der Waals surface area contributed by atoms with Gasteiger partial charge in [-0.05, 0) is 25.7 Å². The maximum absolute atomic E-state index is 12.8. The van der Waals surface area contributed by atoms with E-state index < -0.39 is 12.1 Å². The molecule has 0 aromatic heterocycles. The van der Waals surface area contributed by atoms with Crippen molar-refractivity contribution in [3.63, 3.8) is 0 Å². The normalized spacial score (nSPS) is 11.6. The van der Waals surface area contributed by atoms with Gasteiger partial charge in [-0.15, -0.1) is 0 Å². The second kappa shape index (κ2) is 29.0. The second-order valence-corrected chi connectivity index (χ2v) is 10.9. The molecule has 230 valence electrons. The molecule has 0 aromatic carbocycles. The third-order valence-electron chi connectivity index (χ3n) is 7.11. The fourth-order valence-corrected chi connectivity index (χ4v) is 4.66. The van der Waals surface area contributed by atoms with E-state index in [0.29, 0.717) is 32.5 Å². The summed E-state index contributed by atoms with van der Waals surface area (Å²) in [5.74, 6) is -0.146. The van der Waals surface area contributed by atoms with Gasteiger partial charge in [0.25, 0.3) is 0 Å². The zero-order valence-corrected chi connectivity index (χ0v) is 25.6. The van der Waals surface area contributed by atoms with E-state index in [0.717, 1.165) is 25.7 Å². The van der Waals surface area contributed by atoms with Gasteiger partial charge in [0.15, 0.2) is 5.96 Å². The molecule has 8 heteroatoms. The van der Waals surface area contributed by atoms with E-state index in [4.69, 9.17) is 16.2 Å². The van der Waals surface area contributed by atoms with Crippen molar-refractivity contribution in [1.82, 2.24) is 10.6 Å². The largest absolute Gasteiger partial charge is 0.450 e. The first-order valence-electron chi connectivity index (χ1n) is 16.3. The minimum absolute atomic E-state index is 0.0285. The van der Waals surface area contributed by atoms with Gasteiger partial charge in [-0.2, -0.15) is 0 Å². The Labute approximate surface area is 240 Å². The molecule has 0 rings (SSSR count). The van der Waals surface area contributed by atoms with Crippen LogP contribution in [0.3, 0.4) is 0 Å². The number of alkyl carbamates (subject to hydrolysis) is 1. The van der Waals surface area contributed by atoms with Gasteiger partial charge in [0, 0.05) is 13.1 Å². The van der Waals surface area contributed by atoms with Crippen LogP contribution in [0.4, 0.5) is 4.79 Å². The lowest BCUT2D eigenvalue weighted by atomic mass is 10.1. The predicted molar refractivity (Wildman–Crippen MR) is 165 cm³/mol. The van der Waals surface area contributed by atoms with Crippen molar-refractivity contribution in [3.05, 3.63) is 0 Å². The zero-order chi connectivity index (χ0) is 28.8. The third kappa shape index (κ3) is 27.4. The molecule has 2 amide bonds. The topological polar surface area (TPSA) is 132 Å². The maximum Gasteiger partial charge on any atom is 0.407 e. The highest BCUT2D eigenvalue weighted by molar-refractivity contribution is 5.85. The fraction of sp³-hybridized carbons (Fsp3) is 0.903. The van der Waals surface area contributed by atoms with Crippen LogP contribution < -0.4 is 22.1 Å². The number of rotatable bonds is 28. The Morgan fingerprint density at radius 3 is 1.62 bits per heavy atom. The second-order valence-electron chi connectivity index (χ2n) is 10.9. The smallest absolute Gasteiger partial charge is 0.407 e. The van der Waals surface area contributed by atoms with Crippen LogP contribution in [0, 0.1) is 0 Å². The molecule has 0 aliphatic heterocycles. The number of hydrogen-bond acceptors (Lipinski definition) is 4. The van der Waals surface area contributed by atoms with Gasteiger partial charge in [0.1, 0.15) is 6.04 Å². The molecule has 39 heavy (non-hydrogen) atoms. The fourth-order valence-electron chi connectivity index (χ4n) is 4.66. The van der Waals surface area contributed by atoms with Crippen molar-refractivity contribution < 1.29 is 14.3 Å². The number of aliphatic imine (C=N–C) groups is 1. The molecular weight excluding hydrogens is 490 g/mol. The van der Waals surface area contributed by atoms with Gasteiger partial charge in [-0.3, -0.25) is 9.79 Å². The predicted octanol–water partition coefficient (Wildman–Crippen LogP) is 7.09. The van der Waals surface area contributed by atoms with Crippen LogP contribution in [0.5, 0.6) is 0 Å². The molecule has 1 unspecified atom stereocenters. The van der Waals surface area contributed by atoms with E-state index in [1.165, 1.54) is 103 Å². The Bertz CT molecular complexity index is 597. The SMILES string of the molecule is CCCCCCCCCCCCNC(=O)C(CCCN=C(N)N)NC(=O)OCCCCCCCCCCCC. The number of carbonyl (C=O) groups excluding carboxylic acids is 2. The lowest BCUT2D eigenvalue weighted by Gasteiger charge is -2.18. The Kier molecular flexibility index (Phi) is 27.5. The van der Waals surface area contributed by atoms with Crippen molar-refractivity contribution >= 4 is 18.0 Å². The zero-order valence-electron chi connectivity index (χ0n) is 25.6. The number of carbonyl (C=O) groups is 2. The summed E-state index contributed by atoms with van der Waals surface area (Å²) in [6.45, 7) is 5.90. The van der Waals surface area contributed by atoms with Crippen molar-refractivity contribution in [2.75, 3.05) is 19.7 Å². The minimum Gasteiger partial charge on any atom is -0.450 e. The van der Waals surface area contributed by atoms with Gasteiger partial charge in [0.2, 0.25) is 5.91 Å². The van der Waals surface area contributed by atoms with E-state index in [1.54, 1.807) is 0 Å². The van der Waals surface area contributed by atoms with Crippen molar-refractivity contribution in [1.29, 1.82) is 0 Å². The van der Waals surface area contributed by atoms with Crippen LogP contribution >= 0.6 is 0 Å². The molecule has 0 fully saturated rings. The standard InChI is InChI=1S/C31H63N5O3/c1-3-5-7-9-11-13-15-17-19-21-25-34-29(37)28(24-23-26-35-30(32)33)36-31(38)39-27-22-20-18-16-14-12-10-8-6-4-2/h28H,3-27H2,1-2H3,(H,34,37)(H,36,38)(H4,32,33,35). The van der Waals surface area contributed by atoms with Gasteiger partial charge in [-0.25, -0.2) is 4.79 Å². The van der Waals surface area contributed by atoms with E-state index in [9.17, 15) is 9.59 Å². The number of hydrogen-bond donors (Lipinski definition) is 4. The van der Waals surface area contributed by atoms with Crippen molar-refractivity contribution in [2.24, 2.45) is 16.5 Å². The lowest BCUT2D eigenvalue weighted by molar-refractivity contribution is -0.123. The summed E-state index contributed by atoms with van der Waals surface area (Å²) in [4.78, 5) is 29.1. The lowest BCUT2D eigenvalue weighted by Crippen LogP contribution is -2.47. The number of amides is 2. The minimum atomic E-state index is -0.650. The molecule has 0 aromatic rings. The maximum atomic E-state index is 12.8. The highest BCUT2D eigenvalue weighted by Gasteiger charge is 2.20. The van der Waals surface area contributed by atoms with E-state index in [2.05, 4.69) is 29.5 Å². The van der Waals surface area contributed by atoms with Crippen molar-refractivity contribution in [2.45, 2.75) is 161 Å². The van der Waals surface area contributed by atoms with E-state index in [1.807, 2.05) is 0 Å². The first-order chi connectivity index (χ1) is 19.0. The Morgan fingerprint density at radius 2 is 1.13 bits per heavy atom. The molecular formula is C31H63N5O3. The van der Waals surface area contributed by atoms with Crippen LogP contribution in [0.1, 0.15) is 155 Å². The van der Waals surface area contributed by atoms with E-state index in [-0.39, 0.29) is 11.9 Å². The van der Waals surface area contributed by atoms with Crippen LogP contribution in [0.25, 0.3) is 0 Å². The van der Waals surface area contributed by atoms with Crippen LogP contribution in [-0.4, -0.2) is 43.7 Å². The highest BCUT2D eigenvalue weighted by atomic mass is 16.5. The molecule has 0 aliphatic carbocycles. The molecule has 0 radical (unpaired) electrons. The molecule has 0 bridgehead atoms. The summed E-state index contributed by atoms with van der Waals surface area (Å²) in [6, 6.07) is -0.650. The third-order valence-corrected chi connectivity index (χ3v) is 7.11. The molecule has 8 nitrogen and oxygen atoms in total. The number of nitrogens with zero attached hydrogens (tertiary/aromatic N) is 1. The van der Waals surface area contributed by atoms with Gasteiger partial charge < -0.3 is 26.8 Å². The summed E-state index contributed by atoms with van der Waals surface area (Å²) >= 11 is 0. The van der Waals surface area contributed by atoms with Gasteiger partial charge in [0.05, 0.1) is 6.61 Å². The molecule has 0 saturated carbocycles.